The molecule has 0 atom stereocenters. The molecule has 0 bridgehead atoms. The van der Waals surface area contributed by atoms with Crippen LogP contribution in [0.25, 0.3) is 0 Å². The lowest BCUT2D eigenvalue weighted by Gasteiger charge is -2.10. The molecule has 0 saturated carbocycles. The monoisotopic (exact) mass is 175 g/mol. The number of aryl methyl sites for hydroxylation is 2. The molecule has 0 fully saturated rings. The summed E-state index contributed by atoms with van der Waals surface area (Å²) < 4.78 is 5.23. The summed E-state index contributed by atoms with van der Waals surface area (Å²) in [7, 11) is 1.64. The highest BCUT2D eigenvalue weighted by atomic mass is 16.5. The minimum Gasteiger partial charge on any atom is -0.496 e. The van der Waals surface area contributed by atoms with E-state index in [-0.39, 0.29) is 0 Å². The highest BCUT2D eigenvalue weighted by Gasteiger charge is 2.06. The third-order valence-electron chi connectivity index (χ3n) is 1.97. The first kappa shape index (κ1) is 9.60. The van der Waals surface area contributed by atoms with Crippen LogP contribution in [-0.4, -0.2) is 7.11 Å². The van der Waals surface area contributed by atoms with E-state index in [1.165, 1.54) is 5.56 Å². The molecule has 0 unspecified atom stereocenters. The topological polar surface area (TPSA) is 33.0 Å². The molecule has 2 heteroatoms. The van der Waals surface area contributed by atoms with Crippen LogP contribution >= 0.6 is 0 Å². The summed E-state index contributed by atoms with van der Waals surface area (Å²) in [5.74, 6) is 0.840. The molecule has 0 radical (unpaired) electrons. The Morgan fingerprint density at radius 1 is 1.38 bits per heavy atom. The maximum atomic E-state index is 8.62. The molecule has 68 valence electrons. The van der Waals surface area contributed by atoms with Gasteiger partial charge in [0.15, 0.2) is 0 Å². The van der Waals surface area contributed by atoms with Gasteiger partial charge in [-0.1, -0.05) is 17.7 Å². The molecule has 0 aromatic heterocycles. The Morgan fingerprint density at radius 3 is 2.62 bits per heavy atom. The second kappa shape index (κ2) is 3.95. The van der Waals surface area contributed by atoms with Gasteiger partial charge >= 0.3 is 0 Å². The number of methoxy groups -OCH3 is 1. The molecule has 13 heavy (non-hydrogen) atoms. The summed E-state index contributed by atoms with van der Waals surface area (Å²) in [4.78, 5) is 0. The van der Waals surface area contributed by atoms with Crippen molar-refractivity contribution in [1.82, 2.24) is 0 Å². The summed E-state index contributed by atoms with van der Waals surface area (Å²) >= 11 is 0. The van der Waals surface area contributed by atoms with Crippen LogP contribution in [-0.2, 0) is 6.42 Å². The largest absolute Gasteiger partial charge is 0.496 e. The van der Waals surface area contributed by atoms with Gasteiger partial charge in [0.25, 0.3) is 0 Å². The van der Waals surface area contributed by atoms with E-state index in [0.717, 1.165) is 16.9 Å². The molecule has 0 aliphatic carbocycles. The van der Waals surface area contributed by atoms with Crippen molar-refractivity contribution in [2.24, 2.45) is 0 Å². The first-order valence-corrected chi connectivity index (χ1v) is 4.20. The molecule has 0 amide bonds. The van der Waals surface area contributed by atoms with Gasteiger partial charge in [0.2, 0.25) is 0 Å². The summed E-state index contributed by atoms with van der Waals surface area (Å²) in [6, 6.07) is 6.18. The van der Waals surface area contributed by atoms with Gasteiger partial charge < -0.3 is 4.74 Å². The van der Waals surface area contributed by atoms with Crippen molar-refractivity contribution in [1.29, 1.82) is 5.26 Å². The van der Waals surface area contributed by atoms with Gasteiger partial charge in [0, 0.05) is 5.56 Å². The van der Waals surface area contributed by atoms with Gasteiger partial charge in [-0.15, -0.1) is 0 Å². The molecule has 1 aromatic rings. The number of nitriles is 1. The minimum atomic E-state index is 0.408. The highest BCUT2D eigenvalue weighted by Crippen LogP contribution is 2.25. The number of hydrogen-bond donors (Lipinski definition) is 0. The highest BCUT2D eigenvalue weighted by molar-refractivity contribution is 5.44. The fraction of sp³-hybridized carbons (Fsp3) is 0.364. The van der Waals surface area contributed by atoms with Crippen molar-refractivity contribution in [2.75, 3.05) is 7.11 Å². The van der Waals surface area contributed by atoms with Crippen LogP contribution in [0.4, 0.5) is 0 Å². The number of nitrogens with zero attached hydrogens (tertiary/aromatic N) is 1. The summed E-state index contributed by atoms with van der Waals surface area (Å²) in [5.41, 5.74) is 3.24. The molecule has 0 heterocycles. The molecule has 2 nitrogen and oxygen atoms in total. The maximum absolute atomic E-state index is 8.62. The van der Waals surface area contributed by atoms with Gasteiger partial charge in [-0.05, 0) is 19.4 Å². The Balaban J connectivity index is 3.23. The van der Waals surface area contributed by atoms with Crippen molar-refractivity contribution < 1.29 is 4.74 Å². The zero-order valence-corrected chi connectivity index (χ0v) is 8.22. The molecular formula is C11H13NO. The molecular weight excluding hydrogens is 162 g/mol. The lowest BCUT2D eigenvalue weighted by Crippen LogP contribution is -1.95. The van der Waals surface area contributed by atoms with Crippen molar-refractivity contribution >= 4 is 0 Å². The first-order chi connectivity index (χ1) is 6.19. The Morgan fingerprint density at radius 2 is 2.08 bits per heavy atom. The molecule has 1 rings (SSSR count). The van der Waals surface area contributed by atoms with Gasteiger partial charge in [0.05, 0.1) is 19.6 Å². The Kier molecular flexibility index (Phi) is 2.92. The Bertz CT molecular complexity index is 350. The molecule has 0 aliphatic heterocycles. The number of benzene rings is 1. The summed E-state index contributed by atoms with van der Waals surface area (Å²) in [5, 5.41) is 8.62. The van der Waals surface area contributed by atoms with Crippen LogP contribution in [0.3, 0.4) is 0 Å². The van der Waals surface area contributed by atoms with Crippen molar-refractivity contribution in [2.45, 2.75) is 20.3 Å². The van der Waals surface area contributed by atoms with E-state index in [1.807, 2.05) is 19.9 Å². The lowest BCUT2D eigenvalue weighted by molar-refractivity contribution is 0.407. The van der Waals surface area contributed by atoms with Crippen molar-refractivity contribution in [3.05, 3.63) is 28.8 Å². The molecule has 1 aromatic carbocycles. The standard InChI is InChI=1S/C11H13NO/c1-8-6-9(2)11(13-3)10(7-8)4-5-12/h6-7H,4H2,1-3H3. The van der Waals surface area contributed by atoms with Crippen LogP contribution in [0.1, 0.15) is 16.7 Å². The first-order valence-electron chi connectivity index (χ1n) is 4.20. The van der Waals surface area contributed by atoms with Gasteiger partial charge in [-0.2, -0.15) is 5.26 Å². The normalized spacial score (nSPS) is 9.38. The van der Waals surface area contributed by atoms with E-state index >= 15 is 0 Å². The number of hydrogen-bond acceptors (Lipinski definition) is 2. The van der Waals surface area contributed by atoms with Gasteiger partial charge in [-0.25, -0.2) is 0 Å². The van der Waals surface area contributed by atoms with E-state index in [0.29, 0.717) is 6.42 Å². The van der Waals surface area contributed by atoms with E-state index in [9.17, 15) is 0 Å². The summed E-state index contributed by atoms with van der Waals surface area (Å²) in [6.07, 6.45) is 0.408. The third-order valence-corrected chi connectivity index (χ3v) is 1.97. The predicted molar refractivity (Wildman–Crippen MR) is 51.8 cm³/mol. The zero-order chi connectivity index (χ0) is 9.84. The smallest absolute Gasteiger partial charge is 0.126 e. The number of rotatable bonds is 2. The van der Waals surface area contributed by atoms with Gasteiger partial charge in [-0.3, -0.25) is 0 Å². The predicted octanol–water partition coefficient (Wildman–Crippen LogP) is 2.38. The second-order valence-electron chi connectivity index (χ2n) is 3.11. The quantitative estimate of drug-likeness (QED) is 0.691. The van der Waals surface area contributed by atoms with Gasteiger partial charge in [0.1, 0.15) is 5.75 Å². The van der Waals surface area contributed by atoms with E-state index < -0.39 is 0 Å². The lowest BCUT2D eigenvalue weighted by atomic mass is 10.0. The fourth-order valence-corrected chi connectivity index (χ4v) is 1.55. The molecule has 0 saturated heterocycles. The van der Waals surface area contributed by atoms with Crippen LogP contribution in [0.15, 0.2) is 12.1 Å². The SMILES string of the molecule is COc1c(C)cc(C)cc1CC#N. The number of ether oxygens (including phenoxy) is 1. The van der Waals surface area contributed by atoms with E-state index in [4.69, 9.17) is 10.00 Å². The average molecular weight is 175 g/mol. The minimum absolute atomic E-state index is 0.408. The molecule has 0 N–H and O–H groups in total. The van der Waals surface area contributed by atoms with Crippen molar-refractivity contribution in [3.8, 4) is 11.8 Å². The third kappa shape index (κ3) is 2.00. The van der Waals surface area contributed by atoms with Crippen LogP contribution in [0.5, 0.6) is 5.75 Å². The Labute approximate surface area is 78.8 Å². The van der Waals surface area contributed by atoms with E-state index in [2.05, 4.69) is 12.1 Å². The summed E-state index contributed by atoms with van der Waals surface area (Å²) in [6.45, 7) is 4.01. The molecule has 0 spiro atoms. The van der Waals surface area contributed by atoms with Crippen LogP contribution < -0.4 is 4.74 Å². The fourth-order valence-electron chi connectivity index (χ4n) is 1.55. The van der Waals surface area contributed by atoms with Crippen LogP contribution in [0.2, 0.25) is 0 Å². The Hall–Kier alpha value is -1.49. The van der Waals surface area contributed by atoms with E-state index in [1.54, 1.807) is 7.11 Å². The maximum Gasteiger partial charge on any atom is 0.126 e. The second-order valence-corrected chi connectivity index (χ2v) is 3.11. The van der Waals surface area contributed by atoms with Crippen LogP contribution in [0, 0.1) is 25.2 Å². The zero-order valence-electron chi connectivity index (χ0n) is 8.22. The average Bonchev–Trinajstić information content (AvgIpc) is 2.04. The van der Waals surface area contributed by atoms with Crippen molar-refractivity contribution in [3.63, 3.8) is 0 Å². The molecule has 0 aliphatic rings.